The molecule has 5 aromatic rings. The molecule has 52 heavy (non-hydrogen) atoms. The highest BCUT2D eigenvalue weighted by Gasteiger charge is 2.34. The van der Waals surface area contributed by atoms with Crippen molar-refractivity contribution in [1.82, 2.24) is 19.8 Å². The second-order valence-corrected chi connectivity index (χ2v) is 13.5. The van der Waals surface area contributed by atoms with E-state index in [0.717, 1.165) is 33.8 Å². The van der Waals surface area contributed by atoms with Gasteiger partial charge in [-0.3, -0.25) is 4.79 Å². The number of imidazole rings is 1. The van der Waals surface area contributed by atoms with E-state index in [0.29, 0.717) is 24.2 Å². The summed E-state index contributed by atoms with van der Waals surface area (Å²) in [7, 11) is 3.93. The lowest BCUT2D eigenvalue weighted by molar-refractivity contribution is -0.138. The van der Waals surface area contributed by atoms with E-state index < -0.39 is 17.8 Å². The van der Waals surface area contributed by atoms with Crippen molar-refractivity contribution in [1.29, 1.82) is 5.26 Å². The smallest absolute Gasteiger partial charge is 0.377 e. The number of thiocarbonyl (C=S) groups is 1. The Morgan fingerprint density at radius 2 is 1.69 bits per heavy atom. The van der Waals surface area contributed by atoms with Gasteiger partial charge in [0, 0.05) is 73.8 Å². The first-order valence-corrected chi connectivity index (χ1v) is 17.5. The van der Waals surface area contributed by atoms with Crippen molar-refractivity contribution in [2.24, 2.45) is 5.92 Å². The number of alkyl halides is 3. The fourth-order valence-corrected chi connectivity index (χ4v) is 6.42. The first-order valence-electron chi connectivity index (χ1n) is 17.0. The summed E-state index contributed by atoms with van der Waals surface area (Å²) in [5.74, 6) is -0.275. The van der Waals surface area contributed by atoms with E-state index in [9.17, 15) is 18.0 Å². The number of hydrogen-bond acceptors (Lipinski definition) is 5. The standard InChI is InChI=1S/C40H42F3N7OS/c1-5-27(2)36(46-38(51)20-31-22-45-26-50(31)23-29-16-14-28(21-44)15-17-29)25-49(24-30-10-6-9-13-34(30)40(41,42)43)39(52)47-35-18-19-37(48(3)4)33-12-8-7-11-32(33)35/h6-19,22,26-27,36H,5,20,23-25H2,1-4H3,(H,46,51)(H,47,52)/t27-,36+/m0/s1. The predicted octanol–water partition coefficient (Wildman–Crippen LogP) is 8.01. The van der Waals surface area contributed by atoms with Crippen LogP contribution in [0.4, 0.5) is 24.5 Å². The minimum absolute atomic E-state index is 0.0316. The third-order valence-corrected chi connectivity index (χ3v) is 9.63. The Kier molecular flexibility index (Phi) is 12.2. The number of anilines is 2. The number of nitriles is 1. The molecule has 0 bridgehead atoms. The van der Waals surface area contributed by atoms with Crippen LogP contribution in [0.15, 0.2) is 97.5 Å². The third-order valence-electron chi connectivity index (χ3n) is 9.27. The number of benzene rings is 4. The summed E-state index contributed by atoms with van der Waals surface area (Å²) in [5, 5.41) is 17.8. The molecule has 2 N–H and O–H groups in total. The van der Waals surface area contributed by atoms with E-state index in [-0.39, 0.29) is 42.0 Å². The number of nitrogens with zero attached hydrogens (tertiary/aromatic N) is 5. The molecule has 1 heterocycles. The fraction of sp³-hybridized carbons (Fsp3) is 0.300. The molecule has 1 amide bonds. The largest absolute Gasteiger partial charge is 0.416 e. The number of carbonyl (C=O) groups is 1. The van der Waals surface area contributed by atoms with Gasteiger partial charge in [-0.15, -0.1) is 0 Å². The first-order chi connectivity index (χ1) is 24.9. The topological polar surface area (TPSA) is 89.2 Å². The van der Waals surface area contributed by atoms with Crippen LogP contribution >= 0.6 is 12.2 Å². The molecule has 270 valence electrons. The zero-order chi connectivity index (χ0) is 37.4. The summed E-state index contributed by atoms with van der Waals surface area (Å²) in [6.07, 6.45) is -0.489. The maximum absolute atomic E-state index is 14.2. The molecule has 5 rings (SSSR count). The average molecular weight is 726 g/mol. The van der Waals surface area contributed by atoms with Gasteiger partial charge in [0.25, 0.3) is 0 Å². The van der Waals surface area contributed by atoms with E-state index in [1.54, 1.807) is 35.6 Å². The molecule has 8 nitrogen and oxygen atoms in total. The van der Waals surface area contributed by atoms with Crippen molar-refractivity contribution >= 4 is 45.4 Å². The van der Waals surface area contributed by atoms with E-state index in [1.807, 2.05) is 85.9 Å². The highest BCUT2D eigenvalue weighted by atomic mass is 32.1. The van der Waals surface area contributed by atoms with Crippen LogP contribution in [0.5, 0.6) is 0 Å². The number of nitrogens with one attached hydrogen (secondary N) is 2. The number of amides is 1. The summed E-state index contributed by atoms with van der Waals surface area (Å²) in [6.45, 7) is 4.52. The molecule has 4 aromatic carbocycles. The van der Waals surface area contributed by atoms with Gasteiger partial charge in [0.2, 0.25) is 5.91 Å². The second kappa shape index (κ2) is 16.7. The lowest BCUT2D eigenvalue weighted by Gasteiger charge is -2.34. The van der Waals surface area contributed by atoms with Gasteiger partial charge in [-0.2, -0.15) is 18.4 Å². The lowest BCUT2D eigenvalue weighted by atomic mass is 9.97. The number of aromatic nitrogens is 2. The SMILES string of the molecule is CC[C@H](C)[C@@H](CN(Cc1ccccc1C(F)(F)F)C(=S)Nc1ccc(N(C)C)c2ccccc12)NC(=O)Cc1cncn1Cc1ccc(C#N)cc1. The molecule has 0 fully saturated rings. The molecule has 0 radical (unpaired) electrons. The molecule has 12 heteroatoms. The Balaban J connectivity index is 1.41. The van der Waals surface area contributed by atoms with Crippen LogP contribution in [-0.4, -0.2) is 52.2 Å². The average Bonchev–Trinajstić information content (AvgIpc) is 3.56. The van der Waals surface area contributed by atoms with Crippen LogP contribution in [-0.2, 0) is 30.5 Å². The highest BCUT2D eigenvalue weighted by Crippen LogP contribution is 2.34. The van der Waals surface area contributed by atoms with Crippen molar-refractivity contribution in [2.75, 3.05) is 30.9 Å². The number of carbonyl (C=O) groups excluding carboxylic acids is 1. The maximum Gasteiger partial charge on any atom is 0.416 e. The quantitative estimate of drug-likeness (QED) is 0.119. The van der Waals surface area contributed by atoms with Crippen LogP contribution in [0.25, 0.3) is 10.8 Å². The highest BCUT2D eigenvalue weighted by molar-refractivity contribution is 7.80. The maximum atomic E-state index is 14.2. The zero-order valence-electron chi connectivity index (χ0n) is 29.6. The van der Waals surface area contributed by atoms with E-state index >= 15 is 0 Å². The minimum Gasteiger partial charge on any atom is -0.377 e. The molecule has 0 aliphatic carbocycles. The summed E-state index contributed by atoms with van der Waals surface area (Å²) in [5.41, 5.74) is 3.30. The fourth-order valence-electron chi connectivity index (χ4n) is 6.17. The Hall–Kier alpha value is -5.41. The number of fused-ring (bicyclic) bond motifs is 1. The molecular formula is C40H42F3N7OS. The molecule has 2 atom stereocenters. The normalized spacial score (nSPS) is 12.5. The number of halogens is 3. The number of hydrogen-bond donors (Lipinski definition) is 2. The van der Waals surface area contributed by atoms with Crippen LogP contribution in [0.2, 0.25) is 0 Å². The minimum atomic E-state index is -4.55. The summed E-state index contributed by atoms with van der Waals surface area (Å²) < 4.78 is 44.4. The Morgan fingerprint density at radius 3 is 2.37 bits per heavy atom. The van der Waals surface area contributed by atoms with Crippen molar-refractivity contribution in [3.8, 4) is 6.07 Å². The molecule has 0 aliphatic heterocycles. The van der Waals surface area contributed by atoms with E-state index in [4.69, 9.17) is 17.5 Å². The van der Waals surface area contributed by atoms with Gasteiger partial charge in [0.05, 0.1) is 29.9 Å². The lowest BCUT2D eigenvalue weighted by Crippen LogP contribution is -2.50. The van der Waals surface area contributed by atoms with Crippen LogP contribution in [0.3, 0.4) is 0 Å². The van der Waals surface area contributed by atoms with Gasteiger partial charge >= 0.3 is 6.18 Å². The first kappa shape index (κ1) is 37.8. The zero-order valence-corrected chi connectivity index (χ0v) is 30.4. The van der Waals surface area contributed by atoms with Crippen LogP contribution < -0.4 is 15.5 Å². The van der Waals surface area contributed by atoms with Gasteiger partial charge in [0.15, 0.2) is 5.11 Å². The molecule has 0 saturated carbocycles. The van der Waals surface area contributed by atoms with Gasteiger partial charge in [0.1, 0.15) is 0 Å². The van der Waals surface area contributed by atoms with Crippen molar-refractivity contribution in [3.63, 3.8) is 0 Å². The molecule has 0 unspecified atom stereocenters. The number of rotatable bonds is 13. The monoisotopic (exact) mass is 725 g/mol. The predicted molar refractivity (Wildman–Crippen MR) is 204 cm³/mol. The third kappa shape index (κ3) is 9.27. The molecule has 0 spiro atoms. The van der Waals surface area contributed by atoms with E-state index in [1.165, 1.54) is 12.1 Å². The van der Waals surface area contributed by atoms with Crippen molar-refractivity contribution in [2.45, 2.75) is 52.0 Å². The Labute approximate surface area is 307 Å². The van der Waals surface area contributed by atoms with Gasteiger partial charge in [-0.1, -0.05) is 74.9 Å². The van der Waals surface area contributed by atoms with Gasteiger partial charge in [-0.05, 0) is 59.6 Å². The molecule has 0 saturated heterocycles. The summed E-state index contributed by atoms with van der Waals surface area (Å²) in [4.78, 5) is 21.6. The van der Waals surface area contributed by atoms with Crippen LogP contribution in [0, 0.1) is 17.2 Å². The summed E-state index contributed by atoms with van der Waals surface area (Å²) in [6, 6.07) is 26.2. The van der Waals surface area contributed by atoms with Crippen molar-refractivity contribution < 1.29 is 18.0 Å². The van der Waals surface area contributed by atoms with Gasteiger partial charge in [-0.25, -0.2) is 4.98 Å². The van der Waals surface area contributed by atoms with Crippen LogP contribution in [0.1, 0.15) is 48.2 Å². The Bertz CT molecular complexity index is 2050. The van der Waals surface area contributed by atoms with Crippen molar-refractivity contribution in [3.05, 3.63) is 125 Å². The molecule has 0 aliphatic rings. The molecule has 1 aromatic heterocycles. The van der Waals surface area contributed by atoms with E-state index in [2.05, 4.69) is 21.7 Å². The Morgan fingerprint density at radius 1 is 1.00 bits per heavy atom. The summed E-state index contributed by atoms with van der Waals surface area (Å²) >= 11 is 5.96. The molecular weight excluding hydrogens is 684 g/mol. The van der Waals surface area contributed by atoms with Gasteiger partial charge < -0.3 is 25.0 Å². The second-order valence-electron chi connectivity index (χ2n) is 13.1.